The van der Waals surface area contributed by atoms with Gasteiger partial charge < -0.3 is 19.9 Å². The lowest BCUT2D eigenvalue weighted by Crippen LogP contribution is -2.37. The van der Waals surface area contributed by atoms with Crippen LogP contribution in [-0.4, -0.2) is 76.8 Å². The maximum absolute atomic E-state index is 10.1. The Morgan fingerprint density at radius 3 is 2.53 bits per heavy atom. The van der Waals surface area contributed by atoms with Gasteiger partial charge in [-0.2, -0.15) is 0 Å². The summed E-state index contributed by atoms with van der Waals surface area (Å²) in [7, 11) is 1.70. The number of fused-ring (bicyclic) bond motifs is 1. The van der Waals surface area contributed by atoms with E-state index in [4.69, 9.17) is 14.6 Å². The van der Waals surface area contributed by atoms with E-state index in [9.17, 15) is 5.11 Å². The van der Waals surface area contributed by atoms with E-state index < -0.39 is 0 Å². The Bertz CT molecular complexity index is 1130. The quantitative estimate of drug-likeness (QED) is 0.485. The number of aromatic nitrogens is 3. The van der Waals surface area contributed by atoms with Crippen LogP contribution in [0.1, 0.15) is 62.7 Å². The third-order valence-corrected chi connectivity index (χ3v) is 7.75. The molecule has 0 amide bonds. The molecule has 8 nitrogen and oxygen atoms in total. The molecule has 36 heavy (non-hydrogen) atoms. The van der Waals surface area contributed by atoms with E-state index in [0.29, 0.717) is 24.5 Å². The molecule has 1 saturated heterocycles. The minimum absolute atomic E-state index is 0.108. The fraction of sp³-hybridized carbons (Fsp3) is 0.571. The molecule has 1 aliphatic heterocycles. The second-order valence-corrected chi connectivity index (χ2v) is 10.3. The highest BCUT2D eigenvalue weighted by Gasteiger charge is 2.26. The Kier molecular flexibility index (Phi) is 7.86. The van der Waals surface area contributed by atoms with Crippen LogP contribution in [-0.2, 0) is 9.47 Å². The second kappa shape index (κ2) is 11.3. The maximum Gasteiger partial charge on any atom is 0.241 e. The fourth-order valence-electron chi connectivity index (χ4n) is 5.60. The van der Waals surface area contributed by atoms with Crippen LogP contribution in [0.5, 0.6) is 0 Å². The van der Waals surface area contributed by atoms with E-state index in [0.717, 1.165) is 63.1 Å². The summed E-state index contributed by atoms with van der Waals surface area (Å²) in [6.45, 7) is 8.48. The Labute approximate surface area is 213 Å². The number of rotatable bonds is 8. The van der Waals surface area contributed by atoms with Gasteiger partial charge in [-0.1, -0.05) is 24.3 Å². The van der Waals surface area contributed by atoms with Crippen LogP contribution >= 0.6 is 0 Å². The number of aliphatic hydroxyl groups is 1. The van der Waals surface area contributed by atoms with Gasteiger partial charge in [0.25, 0.3) is 0 Å². The number of methoxy groups -OCH3 is 1. The van der Waals surface area contributed by atoms with Gasteiger partial charge in [0, 0.05) is 49.5 Å². The van der Waals surface area contributed by atoms with Crippen molar-refractivity contribution in [1.82, 2.24) is 19.5 Å². The summed E-state index contributed by atoms with van der Waals surface area (Å²) in [4.78, 5) is 7.12. The highest BCUT2D eigenvalue weighted by atomic mass is 16.5. The first-order valence-corrected chi connectivity index (χ1v) is 13.3. The van der Waals surface area contributed by atoms with Crippen molar-refractivity contribution >= 4 is 11.5 Å². The number of hydrogen-bond donors (Lipinski definition) is 2. The van der Waals surface area contributed by atoms with Crippen molar-refractivity contribution in [2.45, 2.75) is 63.6 Å². The van der Waals surface area contributed by atoms with Crippen LogP contribution in [0.15, 0.2) is 36.5 Å². The van der Waals surface area contributed by atoms with Gasteiger partial charge in [0.2, 0.25) is 5.95 Å². The van der Waals surface area contributed by atoms with Crippen LogP contribution in [0.4, 0.5) is 5.95 Å². The maximum atomic E-state index is 10.1. The highest BCUT2D eigenvalue weighted by Crippen LogP contribution is 2.38. The highest BCUT2D eigenvalue weighted by molar-refractivity contribution is 5.81. The zero-order chi connectivity index (χ0) is 25.1. The van der Waals surface area contributed by atoms with Gasteiger partial charge in [0.15, 0.2) is 0 Å². The molecule has 0 radical (unpaired) electrons. The summed E-state index contributed by atoms with van der Waals surface area (Å²) in [6.07, 6.45) is 5.35. The van der Waals surface area contributed by atoms with Crippen molar-refractivity contribution in [2.75, 3.05) is 45.3 Å². The molecule has 0 bridgehead atoms. The first-order chi connectivity index (χ1) is 17.5. The predicted octanol–water partition coefficient (Wildman–Crippen LogP) is 4.25. The number of nitrogens with zero attached hydrogens (tertiary/aromatic N) is 4. The van der Waals surface area contributed by atoms with Gasteiger partial charge in [0.1, 0.15) is 0 Å². The molecule has 1 saturated carbocycles. The molecule has 2 aromatic heterocycles. The molecule has 1 aliphatic carbocycles. The molecular weight excluding hydrogens is 454 g/mol. The monoisotopic (exact) mass is 493 g/mol. The van der Waals surface area contributed by atoms with Crippen molar-refractivity contribution in [3.63, 3.8) is 0 Å². The normalized spacial score (nSPS) is 23.0. The largest absolute Gasteiger partial charge is 0.393 e. The Balaban J connectivity index is 1.47. The number of anilines is 1. The molecule has 0 spiro atoms. The van der Waals surface area contributed by atoms with E-state index in [1.807, 2.05) is 6.20 Å². The Morgan fingerprint density at radius 1 is 1.11 bits per heavy atom. The van der Waals surface area contributed by atoms with Gasteiger partial charge in [-0.05, 0) is 56.7 Å². The summed E-state index contributed by atoms with van der Waals surface area (Å²) >= 11 is 0. The van der Waals surface area contributed by atoms with E-state index in [2.05, 4.69) is 63.9 Å². The number of benzene rings is 1. The van der Waals surface area contributed by atoms with Crippen molar-refractivity contribution in [3.05, 3.63) is 47.8 Å². The molecule has 2 atom stereocenters. The summed E-state index contributed by atoms with van der Waals surface area (Å²) in [6, 6.07) is 11.7. The van der Waals surface area contributed by atoms with Crippen molar-refractivity contribution < 1.29 is 14.6 Å². The van der Waals surface area contributed by atoms with Crippen LogP contribution in [0.3, 0.4) is 0 Å². The predicted molar refractivity (Wildman–Crippen MR) is 141 cm³/mol. The molecule has 3 aromatic rings. The van der Waals surface area contributed by atoms with E-state index >= 15 is 0 Å². The van der Waals surface area contributed by atoms with E-state index in [-0.39, 0.29) is 12.1 Å². The average molecular weight is 494 g/mol. The number of morpholine rings is 1. The minimum Gasteiger partial charge on any atom is -0.393 e. The average Bonchev–Trinajstić information content (AvgIpc) is 3.28. The molecule has 8 heteroatoms. The molecular formula is C28H39N5O3. The van der Waals surface area contributed by atoms with Crippen molar-refractivity contribution in [3.8, 4) is 11.1 Å². The van der Waals surface area contributed by atoms with Crippen molar-refractivity contribution in [1.29, 1.82) is 0 Å². The van der Waals surface area contributed by atoms with Gasteiger partial charge in [0.05, 0.1) is 37.6 Å². The summed E-state index contributed by atoms with van der Waals surface area (Å²) in [5.74, 6) is 0.968. The topological polar surface area (TPSA) is 84.2 Å². The first kappa shape index (κ1) is 25.1. The Hall–Kier alpha value is -2.52. The van der Waals surface area contributed by atoms with Crippen LogP contribution in [0.25, 0.3) is 16.6 Å². The van der Waals surface area contributed by atoms with Crippen LogP contribution in [0, 0.1) is 0 Å². The van der Waals surface area contributed by atoms with Gasteiger partial charge >= 0.3 is 0 Å². The minimum atomic E-state index is -0.185. The molecule has 0 unspecified atom stereocenters. The SMILES string of the molecule is COC[C@H](C)Nc1ncc2c(-c3ccc([C@H](C)N4CCOCC4)cc3)cc([C@H]3CC[C@H](O)CC3)n2n1. The lowest BCUT2D eigenvalue weighted by Gasteiger charge is -2.32. The fourth-order valence-corrected chi connectivity index (χ4v) is 5.60. The molecule has 2 fully saturated rings. The van der Waals surface area contributed by atoms with Crippen LogP contribution in [0.2, 0.25) is 0 Å². The summed E-state index contributed by atoms with van der Waals surface area (Å²) < 4.78 is 12.9. The van der Waals surface area contributed by atoms with E-state index in [1.54, 1.807) is 7.11 Å². The smallest absolute Gasteiger partial charge is 0.241 e. The number of aliphatic hydroxyl groups excluding tert-OH is 1. The zero-order valence-corrected chi connectivity index (χ0v) is 21.7. The molecule has 194 valence electrons. The number of hydrogen-bond acceptors (Lipinski definition) is 7. The van der Waals surface area contributed by atoms with Gasteiger partial charge in [-0.15, -0.1) is 5.10 Å². The van der Waals surface area contributed by atoms with Crippen LogP contribution < -0.4 is 5.32 Å². The lowest BCUT2D eigenvalue weighted by atomic mass is 9.85. The first-order valence-electron chi connectivity index (χ1n) is 13.3. The molecule has 1 aromatic carbocycles. The second-order valence-electron chi connectivity index (χ2n) is 10.3. The van der Waals surface area contributed by atoms with Gasteiger partial charge in [-0.3, -0.25) is 4.90 Å². The van der Waals surface area contributed by atoms with Gasteiger partial charge in [-0.25, -0.2) is 9.50 Å². The molecule has 2 aliphatic rings. The third kappa shape index (κ3) is 5.42. The molecule has 2 N–H and O–H groups in total. The Morgan fingerprint density at radius 2 is 1.83 bits per heavy atom. The number of nitrogens with one attached hydrogen (secondary N) is 1. The molecule has 5 rings (SSSR count). The lowest BCUT2D eigenvalue weighted by molar-refractivity contribution is 0.0198. The summed E-state index contributed by atoms with van der Waals surface area (Å²) in [5, 5.41) is 18.3. The standard InChI is InChI=1S/C28H39N5O3/c1-19(18-35-3)30-28-29-17-27-25(16-26(33(27)31-28)23-8-10-24(34)11-9-23)22-6-4-21(5-7-22)20(2)32-12-14-36-15-13-32/h4-7,16-17,19-20,23-24,34H,8-15,18H2,1-3H3,(H,30,31)/t19-,20-,23-,24-/m0/s1. The third-order valence-electron chi connectivity index (χ3n) is 7.75. The number of ether oxygens (including phenoxy) is 2. The molecule has 3 heterocycles. The zero-order valence-electron chi connectivity index (χ0n) is 21.7. The summed E-state index contributed by atoms with van der Waals surface area (Å²) in [5.41, 5.74) is 5.85. The van der Waals surface area contributed by atoms with Crippen molar-refractivity contribution in [2.24, 2.45) is 0 Å². The van der Waals surface area contributed by atoms with E-state index in [1.165, 1.54) is 16.8 Å².